The van der Waals surface area contributed by atoms with Crippen molar-refractivity contribution in [3.8, 4) is 0 Å². The Bertz CT molecular complexity index is 939. The lowest BCUT2D eigenvalue weighted by Gasteiger charge is -2.22. The fraction of sp³-hybridized carbons (Fsp3) is 0.286. The number of nitrogens with zero attached hydrogens (tertiary/aromatic N) is 1. The highest BCUT2D eigenvalue weighted by molar-refractivity contribution is 7.89. The second-order valence-corrected chi connectivity index (χ2v) is 8.56. The Kier molecular flexibility index (Phi) is 6.28. The summed E-state index contributed by atoms with van der Waals surface area (Å²) in [5.41, 5.74) is 1.88. The molecule has 7 heteroatoms. The number of carbonyl (C=O) groups is 1. The molecule has 1 fully saturated rings. The molecule has 1 heterocycles. The summed E-state index contributed by atoms with van der Waals surface area (Å²) in [6, 6.07) is 16.2. The van der Waals surface area contributed by atoms with E-state index in [1.807, 2.05) is 37.3 Å². The zero-order chi connectivity index (χ0) is 20.1. The SMILES string of the molecule is COC(=O)/C=C/C1OC1CN(Cc1ccccc1)S(=O)(=O)c1ccc(C)cc1. The van der Waals surface area contributed by atoms with Crippen LogP contribution in [0.15, 0.2) is 71.6 Å². The molecule has 148 valence electrons. The zero-order valence-corrected chi connectivity index (χ0v) is 16.6. The predicted octanol–water partition coefficient (Wildman–Crippen LogP) is 2.68. The van der Waals surface area contributed by atoms with E-state index in [2.05, 4.69) is 4.74 Å². The monoisotopic (exact) mass is 401 g/mol. The Morgan fingerprint density at radius 2 is 1.82 bits per heavy atom. The van der Waals surface area contributed by atoms with Crippen LogP contribution in [0.1, 0.15) is 11.1 Å². The van der Waals surface area contributed by atoms with Crippen LogP contribution < -0.4 is 0 Å². The molecule has 1 aliphatic rings. The first-order chi connectivity index (χ1) is 13.4. The van der Waals surface area contributed by atoms with Gasteiger partial charge in [0.2, 0.25) is 10.0 Å². The van der Waals surface area contributed by atoms with E-state index in [-0.39, 0.29) is 30.2 Å². The van der Waals surface area contributed by atoms with Gasteiger partial charge in [0.25, 0.3) is 0 Å². The van der Waals surface area contributed by atoms with Crippen molar-refractivity contribution in [1.82, 2.24) is 4.31 Å². The molecule has 0 spiro atoms. The van der Waals surface area contributed by atoms with E-state index >= 15 is 0 Å². The number of rotatable bonds is 8. The molecule has 2 aromatic rings. The summed E-state index contributed by atoms with van der Waals surface area (Å²) in [4.78, 5) is 11.5. The van der Waals surface area contributed by atoms with Crippen LogP contribution in [0.25, 0.3) is 0 Å². The number of aryl methyl sites for hydroxylation is 1. The lowest BCUT2D eigenvalue weighted by atomic mass is 10.2. The number of benzene rings is 2. The lowest BCUT2D eigenvalue weighted by Crippen LogP contribution is -2.34. The summed E-state index contributed by atoms with van der Waals surface area (Å²) in [7, 11) is -2.39. The van der Waals surface area contributed by atoms with Crippen molar-refractivity contribution in [2.75, 3.05) is 13.7 Å². The van der Waals surface area contributed by atoms with Crippen molar-refractivity contribution in [3.63, 3.8) is 0 Å². The van der Waals surface area contributed by atoms with Gasteiger partial charge < -0.3 is 9.47 Å². The molecule has 0 N–H and O–H groups in total. The third-order valence-electron chi connectivity index (χ3n) is 4.49. The standard InChI is InChI=1S/C21H23NO5S/c1-16-8-10-18(11-9-16)28(24,25)22(14-17-6-4-3-5-7-17)15-20-19(27-20)12-13-21(23)26-2/h3-13,19-20H,14-15H2,1-2H3/b13-12+. The molecule has 2 unspecified atom stereocenters. The van der Waals surface area contributed by atoms with Gasteiger partial charge in [-0.15, -0.1) is 0 Å². The number of hydrogen-bond donors (Lipinski definition) is 0. The molecule has 0 radical (unpaired) electrons. The van der Waals surface area contributed by atoms with Crippen LogP contribution in [0, 0.1) is 6.92 Å². The van der Waals surface area contributed by atoms with Crippen LogP contribution in [0.2, 0.25) is 0 Å². The normalized spacial score (nSPS) is 19.1. The second kappa shape index (κ2) is 8.68. The van der Waals surface area contributed by atoms with Gasteiger partial charge in [-0.3, -0.25) is 0 Å². The summed E-state index contributed by atoms with van der Waals surface area (Å²) in [6.45, 7) is 2.35. The topological polar surface area (TPSA) is 76.2 Å². The fourth-order valence-corrected chi connectivity index (χ4v) is 4.25. The van der Waals surface area contributed by atoms with Gasteiger partial charge in [-0.25, -0.2) is 13.2 Å². The van der Waals surface area contributed by atoms with E-state index in [1.54, 1.807) is 30.3 Å². The average molecular weight is 401 g/mol. The van der Waals surface area contributed by atoms with E-state index in [1.165, 1.54) is 17.5 Å². The summed E-state index contributed by atoms with van der Waals surface area (Å²) in [6.07, 6.45) is 2.28. The molecular weight excluding hydrogens is 378 g/mol. The van der Waals surface area contributed by atoms with Gasteiger partial charge in [0.15, 0.2) is 0 Å². The molecule has 0 amide bonds. The van der Waals surface area contributed by atoms with Gasteiger partial charge in [-0.2, -0.15) is 4.31 Å². The van der Waals surface area contributed by atoms with E-state index in [0.29, 0.717) is 0 Å². The van der Waals surface area contributed by atoms with E-state index < -0.39 is 16.0 Å². The van der Waals surface area contributed by atoms with Crippen LogP contribution in [0.4, 0.5) is 0 Å². The molecular formula is C21H23NO5S. The Balaban J connectivity index is 1.79. The maximum absolute atomic E-state index is 13.2. The molecule has 0 bridgehead atoms. The minimum absolute atomic E-state index is 0.196. The molecule has 6 nitrogen and oxygen atoms in total. The number of ether oxygens (including phenoxy) is 2. The van der Waals surface area contributed by atoms with Gasteiger partial charge in [-0.05, 0) is 30.7 Å². The van der Waals surface area contributed by atoms with Crippen molar-refractivity contribution in [2.24, 2.45) is 0 Å². The van der Waals surface area contributed by atoms with Crippen molar-refractivity contribution < 1.29 is 22.7 Å². The highest BCUT2D eigenvalue weighted by Crippen LogP contribution is 2.28. The number of methoxy groups -OCH3 is 1. The maximum Gasteiger partial charge on any atom is 0.330 e. The minimum Gasteiger partial charge on any atom is -0.466 e. The van der Waals surface area contributed by atoms with Crippen LogP contribution in [0.3, 0.4) is 0 Å². The van der Waals surface area contributed by atoms with Crippen LogP contribution in [0.5, 0.6) is 0 Å². The number of epoxide rings is 1. The van der Waals surface area contributed by atoms with Gasteiger partial charge in [0.05, 0.1) is 12.0 Å². The van der Waals surface area contributed by atoms with Gasteiger partial charge >= 0.3 is 5.97 Å². The quantitative estimate of drug-likeness (QED) is 0.386. The van der Waals surface area contributed by atoms with Crippen molar-refractivity contribution in [2.45, 2.75) is 30.6 Å². The fourth-order valence-electron chi connectivity index (χ4n) is 2.81. The second-order valence-electron chi connectivity index (χ2n) is 6.62. The highest BCUT2D eigenvalue weighted by atomic mass is 32.2. The third kappa shape index (κ3) is 5.07. The molecule has 1 saturated heterocycles. The molecule has 2 atom stereocenters. The molecule has 0 aliphatic carbocycles. The largest absolute Gasteiger partial charge is 0.466 e. The third-order valence-corrected chi connectivity index (χ3v) is 6.31. The van der Waals surface area contributed by atoms with E-state index in [0.717, 1.165) is 11.1 Å². The summed E-state index contributed by atoms with van der Waals surface area (Å²) >= 11 is 0. The van der Waals surface area contributed by atoms with E-state index in [4.69, 9.17) is 4.74 Å². The molecule has 1 aliphatic heterocycles. The minimum atomic E-state index is -3.69. The smallest absolute Gasteiger partial charge is 0.330 e. The number of sulfonamides is 1. The van der Waals surface area contributed by atoms with Gasteiger partial charge in [0.1, 0.15) is 12.2 Å². The average Bonchev–Trinajstić information content (AvgIpc) is 3.44. The van der Waals surface area contributed by atoms with E-state index in [9.17, 15) is 13.2 Å². The molecule has 3 rings (SSSR count). The first kappa shape index (κ1) is 20.3. The Morgan fingerprint density at radius 1 is 1.14 bits per heavy atom. The van der Waals surface area contributed by atoms with Crippen molar-refractivity contribution in [3.05, 3.63) is 77.9 Å². The van der Waals surface area contributed by atoms with Crippen LogP contribution in [-0.4, -0.2) is 44.6 Å². The number of esters is 1. The Morgan fingerprint density at radius 3 is 2.46 bits per heavy atom. The first-order valence-corrected chi connectivity index (χ1v) is 10.4. The maximum atomic E-state index is 13.2. The van der Waals surface area contributed by atoms with Crippen molar-refractivity contribution in [1.29, 1.82) is 0 Å². The number of hydrogen-bond acceptors (Lipinski definition) is 5. The summed E-state index contributed by atoms with van der Waals surface area (Å²) in [5.74, 6) is -0.470. The highest BCUT2D eigenvalue weighted by Gasteiger charge is 2.41. The molecule has 0 aromatic heterocycles. The van der Waals surface area contributed by atoms with Gasteiger partial charge in [0, 0.05) is 19.2 Å². The van der Waals surface area contributed by atoms with Gasteiger partial charge in [-0.1, -0.05) is 48.0 Å². The molecule has 0 saturated carbocycles. The number of carbonyl (C=O) groups excluding carboxylic acids is 1. The van der Waals surface area contributed by atoms with Crippen molar-refractivity contribution >= 4 is 16.0 Å². The predicted molar refractivity (Wildman–Crippen MR) is 105 cm³/mol. The zero-order valence-electron chi connectivity index (χ0n) is 15.8. The Labute approximate surface area is 165 Å². The molecule has 2 aromatic carbocycles. The van der Waals surface area contributed by atoms with Crippen LogP contribution in [-0.2, 0) is 30.8 Å². The lowest BCUT2D eigenvalue weighted by molar-refractivity contribution is -0.134. The first-order valence-electron chi connectivity index (χ1n) is 8.92. The Hall–Kier alpha value is -2.48. The molecule has 28 heavy (non-hydrogen) atoms. The summed E-state index contributed by atoms with van der Waals surface area (Å²) < 4.78 is 37.9. The van der Waals surface area contributed by atoms with Crippen LogP contribution >= 0.6 is 0 Å². The summed E-state index contributed by atoms with van der Waals surface area (Å²) in [5, 5.41) is 0.